The van der Waals surface area contributed by atoms with Gasteiger partial charge in [0.15, 0.2) is 15.8 Å². The Morgan fingerprint density at radius 3 is 2.51 bits per heavy atom. The number of amides is 1. The van der Waals surface area contributed by atoms with Crippen LogP contribution in [0.5, 0.6) is 11.5 Å². The Hall–Kier alpha value is -3.40. The Labute approximate surface area is 216 Å². The summed E-state index contributed by atoms with van der Waals surface area (Å²) >= 11 is 12.8. The van der Waals surface area contributed by atoms with Gasteiger partial charge in [-0.2, -0.15) is 0 Å². The molecule has 35 heavy (non-hydrogen) atoms. The molecule has 0 spiro atoms. The van der Waals surface area contributed by atoms with E-state index in [0.717, 1.165) is 22.9 Å². The molecule has 0 aromatic heterocycles. The largest absolute Gasteiger partial charge is 0.490 e. The van der Waals surface area contributed by atoms with Gasteiger partial charge in [0.1, 0.15) is 6.61 Å². The second-order valence-corrected chi connectivity index (χ2v) is 9.39. The maximum atomic E-state index is 13.1. The summed E-state index contributed by atoms with van der Waals surface area (Å²) in [6, 6.07) is 18.5. The Balaban J connectivity index is 1.55. The first-order valence-corrected chi connectivity index (χ1v) is 12.1. The summed E-state index contributed by atoms with van der Waals surface area (Å²) in [6.07, 6.45) is 1.73. The van der Waals surface area contributed by atoms with Crippen LogP contribution >= 0.6 is 35.6 Å². The van der Waals surface area contributed by atoms with Crippen molar-refractivity contribution in [3.05, 3.63) is 97.9 Å². The molecule has 0 radical (unpaired) electrons. The van der Waals surface area contributed by atoms with Crippen molar-refractivity contribution in [1.29, 1.82) is 0 Å². The van der Waals surface area contributed by atoms with Crippen LogP contribution in [0.4, 0.5) is 11.4 Å². The highest BCUT2D eigenvalue weighted by Crippen LogP contribution is 2.38. The number of thioether (sulfide) groups is 1. The second kappa shape index (κ2) is 10.9. The summed E-state index contributed by atoms with van der Waals surface area (Å²) in [4.78, 5) is 25.3. The fourth-order valence-corrected chi connectivity index (χ4v) is 4.83. The highest BCUT2D eigenvalue weighted by atomic mass is 35.5. The molecule has 1 aliphatic heterocycles. The second-order valence-electron chi connectivity index (χ2n) is 7.31. The van der Waals surface area contributed by atoms with Crippen molar-refractivity contribution in [2.24, 2.45) is 0 Å². The topological polar surface area (TPSA) is 81.9 Å². The number of nitro benzene ring substituents is 1. The number of non-ortho nitro benzene ring substituents is 1. The van der Waals surface area contributed by atoms with E-state index in [1.807, 2.05) is 31.2 Å². The molecular weight excluding hydrogens is 508 g/mol. The van der Waals surface area contributed by atoms with Crippen LogP contribution in [0.1, 0.15) is 18.1 Å². The molecule has 178 valence electrons. The number of rotatable bonds is 8. The van der Waals surface area contributed by atoms with E-state index < -0.39 is 4.92 Å². The lowest BCUT2D eigenvalue weighted by molar-refractivity contribution is -0.384. The number of thiocarbonyl (C=S) groups is 1. The molecule has 0 aliphatic carbocycles. The molecular formula is C25H19ClN2O5S2. The number of anilines is 1. The van der Waals surface area contributed by atoms with Gasteiger partial charge in [0.2, 0.25) is 0 Å². The van der Waals surface area contributed by atoms with E-state index in [0.29, 0.717) is 38.0 Å². The molecule has 0 saturated carbocycles. The van der Waals surface area contributed by atoms with Gasteiger partial charge in [-0.15, -0.1) is 0 Å². The van der Waals surface area contributed by atoms with Crippen molar-refractivity contribution in [1.82, 2.24) is 0 Å². The monoisotopic (exact) mass is 526 g/mol. The van der Waals surface area contributed by atoms with E-state index in [9.17, 15) is 14.9 Å². The lowest BCUT2D eigenvalue weighted by Gasteiger charge is -2.14. The summed E-state index contributed by atoms with van der Waals surface area (Å²) < 4.78 is 12.0. The number of nitro groups is 1. The van der Waals surface area contributed by atoms with Gasteiger partial charge < -0.3 is 9.47 Å². The van der Waals surface area contributed by atoms with Crippen molar-refractivity contribution in [2.75, 3.05) is 11.5 Å². The average Bonchev–Trinajstić information content (AvgIpc) is 3.12. The maximum absolute atomic E-state index is 13.1. The highest BCUT2D eigenvalue weighted by Gasteiger charge is 2.33. The quantitative estimate of drug-likeness (QED) is 0.141. The number of hydrogen-bond acceptors (Lipinski definition) is 7. The Morgan fingerprint density at radius 2 is 1.83 bits per heavy atom. The van der Waals surface area contributed by atoms with Crippen molar-refractivity contribution in [2.45, 2.75) is 13.5 Å². The average molecular weight is 527 g/mol. The van der Waals surface area contributed by atoms with Gasteiger partial charge >= 0.3 is 0 Å². The summed E-state index contributed by atoms with van der Waals surface area (Å²) in [5, 5.41) is 11.5. The number of nitrogens with zero attached hydrogens (tertiary/aromatic N) is 2. The van der Waals surface area contributed by atoms with Crippen LogP contribution in [0.2, 0.25) is 5.02 Å². The molecule has 7 nitrogen and oxygen atoms in total. The lowest BCUT2D eigenvalue weighted by atomic mass is 10.1. The summed E-state index contributed by atoms with van der Waals surface area (Å²) in [5.74, 6) is 0.798. The molecule has 1 saturated heterocycles. The smallest absolute Gasteiger partial charge is 0.270 e. The summed E-state index contributed by atoms with van der Waals surface area (Å²) in [7, 11) is 0. The Kier molecular flexibility index (Phi) is 7.70. The zero-order valence-corrected chi connectivity index (χ0v) is 20.9. The van der Waals surface area contributed by atoms with Gasteiger partial charge in [-0.25, -0.2) is 0 Å². The minimum Gasteiger partial charge on any atom is -0.490 e. The van der Waals surface area contributed by atoms with Crippen molar-refractivity contribution < 1.29 is 19.2 Å². The molecule has 0 bridgehead atoms. The van der Waals surface area contributed by atoms with Gasteiger partial charge in [-0.3, -0.25) is 19.8 Å². The third-order valence-corrected chi connectivity index (χ3v) is 6.69. The molecule has 0 N–H and O–H groups in total. The Bertz CT molecular complexity index is 1330. The molecule has 1 aliphatic rings. The molecule has 1 amide bonds. The normalized spacial score (nSPS) is 14.5. The molecule has 0 atom stereocenters. The number of halogens is 1. The van der Waals surface area contributed by atoms with E-state index in [4.69, 9.17) is 33.3 Å². The summed E-state index contributed by atoms with van der Waals surface area (Å²) in [5.41, 5.74) is 2.01. The van der Waals surface area contributed by atoms with E-state index in [2.05, 4.69) is 0 Å². The van der Waals surface area contributed by atoms with Gasteiger partial charge in [-0.05, 0) is 48.9 Å². The predicted octanol–water partition coefficient (Wildman–Crippen LogP) is 6.63. The fourth-order valence-electron chi connectivity index (χ4n) is 3.34. The SMILES string of the molecule is CCOc1cc(/C=C2/SC(=S)N(c3ccc([N+](=O)[O-])cc3)C2=O)ccc1OCc1ccccc1Cl. The van der Waals surface area contributed by atoms with Crippen LogP contribution in [-0.4, -0.2) is 21.8 Å². The van der Waals surface area contributed by atoms with Crippen LogP contribution in [-0.2, 0) is 11.4 Å². The maximum Gasteiger partial charge on any atom is 0.270 e. The number of hydrogen-bond donors (Lipinski definition) is 0. The molecule has 0 unspecified atom stereocenters. The lowest BCUT2D eigenvalue weighted by Crippen LogP contribution is -2.27. The van der Waals surface area contributed by atoms with E-state index in [-0.39, 0.29) is 18.2 Å². The van der Waals surface area contributed by atoms with E-state index in [1.165, 1.54) is 29.2 Å². The van der Waals surface area contributed by atoms with Crippen molar-refractivity contribution in [3.63, 3.8) is 0 Å². The standard InChI is InChI=1S/C25H19ClN2O5S2/c1-2-32-22-13-16(7-12-21(22)33-15-17-5-3-4-6-20(17)26)14-23-24(29)27(25(34)35-23)18-8-10-19(11-9-18)28(30)31/h3-14H,2,15H2,1H3/b23-14+. The number of carbonyl (C=O) groups is 1. The fraction of sp³-hybridized carbons (Fsp3) is 0.120. The van der Waals surface area contributed by atoms with E-state index in [1.54, 1.807) is 24.3 Å². The van der Waals surface area contributed by atoms with Crippen LogP contribution in [0.3, 0.4) is 0 Å². The first-order valence-electron chi connectivity index (χ1n) is 10.5. The minimum atomic E-state index is -0.494. The van der Waals surface area contributed by atoms with Crippen LogP contribution in [0, 0.1) is 10.1 Å². The Morgan fingerprint density at radius 1 is 1.09 bits per heavy atom. The van der Waals surface area contributed by atoms with Crippen molar-refractivity contribution in [3.8, 4) is 11.5 Å². The van der Waals surface area contributed by atoms with Gasteiger partial charge in [-0.1, -0.05) is 59.8 Å². The molecule has 3 aromatic carbocycles. The summed E-state index contributed by atoms with van der Waals surface area (Å²) in [6.45, 7) is 2.60. The first kappa shape index (κ1) is 24.7. The van der Waals surface area contributed by atoms with Crippen molar-refractivity contribution >= 4 is 63.3 Å². The molecule has 1 heterocycles. The zero-order valence-electron chi connectivity index (χ0n) is 18.5. The van der Waals surface area contributed by atoms with Gasteiger partial charge in [0.05, 0.1) is 22.1 Å². The highest BCUT2D eigenvalue weighted by molar-refractivity contribution is 8.27. The van der Waals surface area contributed by atoms with Crippen LogP contribution < -0.4 is 14.4 Å². The minimum absolute atomic E-state index is 0.0602. The molecule has 1 fully saturated rings. The van der Waals surface area contributed by atoms with Crippen LogP contribution in [0.25, 0.3) is 6.08 Å². The molecule has 10 heteroatoms. The number of benzene rings is 3. The third-order valence-electron chi connectivity index (χ3n) is 5.02. The van der Waals surface area contributed by atoms with Gasteiger partial charge in [0, 0.05) is 22.7 Å². The molecule has 4 rings (SSSR count). The predicted molar refractivity (Wildman–Crippen MR) is 142 cm³/mol. The molecule has 3 aromatic rings. The zero-order chi connectivity index (χ0) is 24.9. The van der Waals surface area contributed by atoms with Crippen LogP contribution in [0.15, 0.2) is 71.6 Å². The van der Waals surface area contributed by atoms with Gasteiger partial charge in [0.25, 0.3) is 11.6 Å². The third kappa shape index (κ3) is 5.64. The number of carbonyl (C=O) groups excluding carboxylic acids is 1. The van der Waals surface area contributed by atoms with E-state index >= 15 is 0 Å². The first-order chi connectivity index (χ1) is 16.9. The number of ether oxygens (including phenoxy) is 2.